The van der Waals surface area contributed by atoms with Crippen molar-refractivity contribution in [1.82, 2.24) is 4.90 Å². The van der Waals surface area contributed by atoms with Crippen molar-refractivity contribution >= 4 is 68.1 Å². The second-order valence-corrected chi connectivity index (χ2v) is 8.71. The summed E-state index contributed by atoms with van der Waals surface area (Å²) in [5, 5.41) is 0.404. The molecule has 0 aliphatic carbocycles. The summed E-state index contributed by atoms with van der Waals surface area (Å²) < 4.78 is 11.5. The molecule has 3 rings (SSSR count). The molecule has 1 saturated heterocycles. The third-order valence-corrected chi connectivity index (χ3v) is 6.28. The number of imide groups is 1. The van der Waals surface area contributed by atoms with Crippen LogP contribution in [0.4, 0.5) is 4.79 Å². The predicted octanol–water partition coefficient (Wildman–Crippen LogP) is 6.01. The molecule has 9 heteroatoms. The molecule has 5 nitrogen and oxygen atoms in total. The molecule has 0 atom stereocenters. The first-order valence-corrected chi connectivity index (χ1v) is 10.8. The van der Waals surface area contributed by atoms with E-state index in [2.05, 4.69) is 21.9 Å². The Hall–Kier alpha value is -2.11. The van der Waals surface area contributed by atoms with E-state index in [9.17, 15) is 9.59 Å². The van der Waals surface area contributed by atoms with E-state index < -0.39 is 0 Å². The minimum atomic E-state index is -0.390. The fourth-order valence-corrected chi connectivity index (χ4v) is 4.42. The molecule has 0 unspecified atom stereocenters. The van der Waals surface area contributed by atoms with Crippen molar-refractivity contribution in [2.45, 2.75) is 6.54 Å². The molecule has 0 aromatic heterocycles. The fourth-order valence-electron chi connectivity index (χ4n) is 2.69. The summed E-state index contributed by atoms with van der Waals surface area (Å²) >= 11 is 16.2. The maximum Gasteiger partial charge on any atom is 0.293 e. The molecule has 2 aromatic rings. The van der Waals surface area contributed by atoms with Gasteiger partial charge in [-0.15, -0.1) is 6.42 Å². The number of methoxy groups -OCH3 is 1. The van der Waals surface area contributed by atoms with Crippen LogP contribution in [0.25, 0.3) is 6.08 Å². The second-order valence-electron chi connectivity index (χ2n) is 6.04. The van der Waals surface area contributed by atoms with Crippen molar-refractivity contribution in [2.75, 3.05) is 13.7 Å². The normalized spacial score (nSPS) is 14.9. The third kappa shape index (κ3) is 4.96. The molecule has 2 amide bonds. The molecule has 1 aliphatic rings. The van der Waals surface area contributed by atoms with E-state index in [-0.39, 0.29) is 24.3 Å². The van der Waals surface area contributed by atoms with Crippen LogP contribution in [0.5, 0.6) is 11.5 Å². The first-order valence-electron chi connectivity index (χ1n) is 8.47. The lowest BCUT2D eigenvalue weighted by Crippen LogP contribution is -2.27. The second kappa shape index (κ2) is 9.80. The number of hydrogen-bond donors (Lipinski definition) is 0. The smallest absolute Gasteiger partial charge is 0.293 e. The minimum absolute atomic E-state index is 0.0852. The van der Waals surface area contributed by atoms with Crippen LogP contribution in [0.3, 0.4) is 0 Å². The van der Waals surface area contributed by atoms with Crippen LogP contribution < -0.4 is 9.47 Å². The number of amides is 2. The lowest BCUT2D eigenvalue weighted by molar-refractivity contribution is -0.123. The van der Waals surface area contributed by atoms with Crippen LogP contribution in [-0.2, 0) is 11.3 Å². The predicted molar refractivity (Wildman–Crippen MR) is 123 cm³/mol. The highest BCUT2D eigenvalue weighted by molar-refractivity contribution is 9.10. The molecule has 0 spiro atoms. The number of thioether (sulfide) groups is 1. The SMILES string of the molecule is C#CCOc1c(Br)cc(/C=C2\SC(=O)N(Cc3ccc(Cl)c(Cl)c3)C2=O)cc1OC. The van der Waals surface area contributed by atoms with Gasteiger partial charge in [-0.25, -0.2) is 0 Å². The van der Waals surface area contributed by atoms with Crippen molar-refractivity contribution in [3.05, 3.63) is 60.9 Å². The maximum atomic E-state index is 12.8. The zero-order valence-corrected chi connectivity index (χ0v) is 19.5. The van der Waals surface area contributed by atoms with Gasteiger partial charge in [-0.1, -0.05) is 35.2 Å². The summed E-state index contributed by atoms with van der Waals surface area (Å²) in [5.74, 6) is 2.91. The number of nitrogens with zero attached hydrogens (tertiary/aromatic N) is 1. The molecular formula is C21H14BrCl2NO4S. The molecule has 1 fully saturated rings. The molecule has 2 aromatic carbocycles. The van der Waals surface area contributed by atoms with Crippen molar-refractivity contribution in [3.63, 3.8) is 0 Å². The number of terminal acetylenes is 1. The van der Waals surface area contributed by atoms with Gasteiger partial charge in [0.2, 0.25) is 0 Å². The highest BCUT2D eigenvalue weighted by Gasteiger charge is 2.35. The molecule has 1 heterocycles. The summed E-state index contributed by atoms with van der Waals surface area (Å²) in [6.07, 6.45) is 6.86. The Labute approximate surface area is 196 Å². The molecule has 0 saturated carbocycles. The van der Waals surface area contributed by atoms with Crippen molar-refractivity contribution in [1.29, 1.82) is 0 Å². The average Bonchev–Trinajstić information content (AvgIpc) is 2.97. The number of rotatable bonds is 6. The summed E-state index contributed by atoms with van der Waals surface area (Å²) in [7, 11) is 1.50. The van der Waals surface area contributed by atoms with Crippen LogP contribution in [0.2, 0.25) is 10.0 Å². The van der Waals surface area contributed by atoms with E-state index in [0.29, 0.717) is 42.0 Å². The minimum Gasteiger partial charge on any atom is -0.493 e. The van der Waals surface area contributed by atoms with Gasteiger partial charge in [0.15, 0.2) is 11.5 Å². The van der Waals surface area contributed by atoms with Gasteiger partial charge in [0, 0.05) is 0 Å². The number of halogens is 3. The van der Waals surface area contributed by atoms with Crippen molar-refractivity contribution in [2.24, 2.45) is 0 Å². The van der Waals surface area contributed by atoms with E-state index in [1.165, 1.54) is 7.11 Å². The van der Waals surface area contributed by atoms with Crippen LogP contribution in [0.1, 0.15) is 11.1 Å². The number of benzene rings is 2. The van der Waals surface area contributed by atoms with E-state index in [1.807, 2.05) is 0 Å². The lowest BCUT2D eigenvalue weighted by Gasteiger charge is -2.13. The molecule has 0 radical (unpaired) electrons. The fraction of sp³-hybridized carbons (Fsp3) is 0.143. The Morgan fingerprint density at radius 1 is 1.23 bits per heavy atom. The summed E-state index contributed by atoms with van der Waals surface area (Å²) in [6, 6.07) is 8.43. The lowest BCUT2D eigenvalue weighted by atomic mass is 10.1. The van der Waals surface area contributed by atoms with Gasteiger partial charge in [-0.05, 0) is 69.2 Å². The molecule has 0 bridgehead atoms. The van der Waals surface area contributed by atoms with E-state index >= 15 is 0 Å². The van der Waals surface area contributed by atoms with Crippen molar-refractivity contribution < 1.29 is 19.1 Å². The van der Waals surface area contributed by atoms with Crippen molar-refractivity contribution in [3.8, 4) is 23.8 Å². The number of carbonyl (C=O) groups is 2. The summed E-state index contributed by atoms with van der Waals surface area (Å²) in [5.41, 5.74) is 1.36. The van der Waals surface area contributed by atoms with Crippen LogP contribution >= 0.6 is 50.9 Å². The Kier molecular flexibility index (Phi) is 7.37. The zero-order valence-electron chi connectivity index (χ0n) is 15.6. The van der Waals surface area contributed by atoms with Gasteiger partial charge in [0.25, 0.3) is 11.1 Å². The van der Waals surface area contributed by atoms with Gasteiger partial charge >= 0.3 is 0 Å². The maximum absolute atomic E-state index is 12.8. The third-order valence-electron chi connectivity index (χ3n) is 4.05. The first kappa shape index (κ1) is 22.6. The van der Waals surface area contributed by atoms with Crippen LogP contribution in [-0.4, -0.2) is 29.8 Å². The van der Waals surface area contributed by atoms with E-state index in [0.717, 1.165) is 16.7 Å². The Morgan fingerprint density at radius 2 is 2.00 bits per heavy atom. The Balaban J connectivity index is 1.85. The topological polar surface area (TPSA) is 55.8 Å². The monoisotopic (exact) mass is 525 g/mol. The average molecular weight is 527 g/mol. The van der Waals surface area contributed by atoms with Gasteiger partial charge in [-0.2, -0.15) is 0 Å². The van der Waals surface area contributed by atoms with E-state index in [4.69, 9.17) is 39.1 Å². The highest BCUT2D eigenvalue weighted by Crippen LogP contribution is 2.39. The zero-order chi connectivity index (χ0) is 21.8. The largest absolute Gasteiger partial charge is 0.493 e. The Morgan fingerprint density at radius 3 is 2.67 bits per heavy atom. The molecular weight excluding hydrogens is 513 g/mol. The molecule has 1 aliphatic heterocycles. The van der Waals surface area contributed by atoms with Crippen LogP contribution in [0, 0.1) is 12.3 Å². The molecule has 30 heavy (non-hydrogen) atoms. The quantitative estimate of drug-likeness (QED) is 0.340. The number of carbonyl (C=O) groups excluding carboxylic acids is 2. The van der Waals surface area contributed by atoms with Gasteiger partial charge < -0.3 is 9.47 Å². The summed E-state index contributed by atoms with van der Waals surface area (Å²) in [6.45, 7) is 0.187. The highest BCUT2D eigenvalue weighted by atomic mass is 79.9. The van der Waals surface area contributed by atoms with Gasteiger partial charge in [0.05, 0.1) is 33.1 Å². The molecule has 154 valence electrons. The van der Waals surface area contributed by atoms with Crippen LogP contribution in [0.15, 0.2) is 39.7 Å². The van der Waals surface area contributed by atoms with E-state index in [1.54, 1.807) is 36.4 Å². The first-order chi connectivity index (χ1) is 14.3. The standard InChI is InChI=1S/C21H14BrCl2NO4S/c1-3-6-29-19-14(22)7-13(9-17(19)28-2)10-18-20(26)25(21(27)30-18)11-12-4-5-15(23)16(24)8-12/h1,4-5,7-10H,6,11H2,2H3/b18-10-. The summed E-state index contributed by atoms with van der Waals surface area (Å²) in [4.78, 5) is 26.6. The molecule has 0 N–H and O–H groups in total. The number of hydrogen-bond acceptors (Lipinski definition) is 5. The van der Waals surface area contributed by atoms with Gasteiger partial charge in [-0.3, -0.25) is 14.5 Å². The number of ether oxygens (including phenoxy) is 2. The van der Waals surface area contributed by atoms with Gasteiger partial charge in [0.1, 0.15) is 6.61 Å². The Bertz CT molecular complexity index is 1100.